The fraction of sp³-hybridized carbons (Fsp3) is 0.0769. The van der Waals surface area contributed by atoms with Gasteiger partial charge in [0.05, 0.1) is 11.9 Å². The smallest absolute Gasteiger partial charge is 0.256 e. The van der Waals surface area contributed by atoms with Crippen molar-refractivity contribution in [3.05, 3.63) is 48.5 Å². The quantitative estimate of drug-likeness (QED) is 0.743. The number of carbonyl (C=O) groups excluding carboxylic acids is 1. The summed E-state index contributed by atoms with van der Waals surface area (Å²) in [6.07, 6.45) is 6.61. The second kappa shape index (κ2) is 4.49. The average Bonchev–Trinajstić information content (AvgIpc) is 2.91. The lowest BCUT2D eigenvalue weighted by Crippen LogP contribution is -2.17. The molecule has 3 aromatic rings. The Morgan fingerprint density at radius 2 is 2.00 bits per heavy atom. The number of rotatable bonds is 2. The molecule has 0 fully saturated rings. The average molecular weight is 253 g/mol. The molecule has 0 spiro atoms. The van der Waals surface area contributed by atoms with Crippen LogP contribution in [0.5, 0.6) is 0 Å². The normalized spacial score (nSPS) is 10.6. The van der Waals surface area contributed by atoms with Crippen molar-refractivity contribution < 1.29 is 4.79 Å². The maximum atomic E-state index is 11.7. The molecule has 0 radical (unpaired) electrons. The van der Waals surface area contributed by atoms with Gasteiger partial charge < -0.3 is 5.32 Å². The summed E-state index contributed by atoms with van der Waals surface area (Å²) < 4.78 is 1.65. The van der Waals surface area contributed by atoms with Crippen molar-refractivity contribution in [2.45, 2.75) is 0 Å². The minimum atomic E-state index is -0.200. The van der Waals surface area contributed by atoms with E-state index in [2.05, 4.69) is 20.4 Å². The van der Waals surface area contributed by atoms with Crippen molar-refractivity contribution in [1.29, 1.82) is 0 Å². The van der Waals surface area contributed by atoms with E-state index in [-0.39, 0.29) is 5.91 Å². The minimum absolute atomic E-state index is 0.200. The van der Waals surface area contributed by atoms with Gasteiger partial charge in [-0.2, -0.15) is 5.10 Å². The van der Waals surface area contributed by atoms with E-state index in [0.717, 1.165) is 11.3 Å². The second-order valence-corrected chi connectivity index (χ2v) is 3.94. The first kappa shape index (κ1) is 11.3. The maximum absolute atomic E-state index is 11.7. The van der Waals surface area contributed by atoms with Crippen LogP contribution in [0.25, 0.3) is 16.9 Å². The van der Waals surface area contributed by atoms with Crippen LogP contribution >= 0.6 is 0 Å². The molecule has 0 saturated carbocycles. The third kappa shape index (κ3) is 1.83. The third-order valence-electron chi connectivity index (χ3n) is 2.85. The fourth-order valence-electron chi connectivity index (χ4n) is 1.93. The summed E-state index contributed by atoms with van der Waals surface area (Å²) in [6.45, 7) is 0. The molecule has 6 heteroatoms. The van der Waals surface area contributed by atoms with Gasteiger partial charge in [-0.15, -0.1) is 0 Å². The summed E-state index contributed by atoms with van der Waals surface area (Å²) in [5, 5.41) is 6.81. The van der Waals surface area contributed by atoms with Crippen LogP contribution in [0.3, 0.4) is 0 Å². The summed E-state index contributed by atoms with van der Waals surface area (Å²) in [7, 11) is 1.58. The summed E-state index contributed by atoms with van der Waals surface area (Å²) >= 11 is 0. The van der Waals surface area contributed by atoms with Crippen LogP contribution in [-0.2, 0) is 0 Å². The Labute approximate surface area is 109 Å². The Balaban J connectivity index is 2.23. The van der Waals surface area contributed by atoms with E-state index >= 15 is 0 Å². The van der Waals surface area contributed by atoms with E-state index in [1.807, 2.05) is 18.2 Å². The molecular formula is C13H11N5O. The van der Waals surface area contributed by atoms with Gasteiger partial charge in [0.1, 0.15) is 5.56 Å². The lowest BCUT2D eigenvalue weighted by molar-refractivity contribution is 0.0964. The lowest BCUT2D eigenvalue weighted by Gasteiger charge is -2.04. The van der Waals surface area contributed by atoms with Crippen LogP contribution in [0.1, 0.15) is 10.4 Å². The lowest BCUT2D eigenvalue weighted by atomic mass is 10.2. The van der Waals surface area contributed by atoms with Crippen LogP contribution < -0.4 is 5.32 Å². The van der Waals surface area contributed by atoms with Gasteiger partial charge in [0.25, 0.3) is 5.91 Å². The minimum Gasteiger partial charge on any atom is -0.355 e. The predicted molar refractivity (Wildman–Crippen MR) is 69.6 cm³/mol. The number of pyridine rings is 1. The Morgan fingerprint density at radius 3 is 2.74 bits per heavy atom. The van der Waals surface area contributed by atoms with Gasteiger partial charge in [0.2, 0.25) is 0 Å². The highest BCUT2D eigenvalue weighted by Crippen LogP contribution is 2.19. The molecule has 0 aliphatic rings. The molecule has 3 aromatic heterocycles. The Kier molecular flexibility index (Phi) is 2.68. The third-order valence-corrected chi connectivity index (χ3v) is 2.85. The summed E-state index contributed by atoms with van der Waals surface area (Å²) in [5.41, 5.74) is 2.82. The number of nitrogens with one attached hydrogen (secondary N) is 1. The van der Waals surface area contributed by atoms with Gasteiger partial charge in [-0.1, -0.05) is 0 Å². The highest BCUT2D eigenvalue weighted by molar-refractivity contribution is 5.99. The summed E-state index contributed by atoms with van der Waals surface area (Å²) in [6, 6.07) is 5.62. The molecule has 1 N–H and O–H groups in total. The van der Waals surface area contributed by atoms with Crippen LogP contribution in [0.4, 0.5) is 0 Å². The Bertz CT molecular complexity index is 735. The first-order valence-corrected chi connectivity index (χ1v) is 5.76. The van der Waals surface area contributed by atoms with Gasteiger partial charge in [0.15, 0.2) is 5.65 Å². The van der Waals surface area contributed by atoms with E-state index in [0.29, 0.717) is 11.2 Å². The van der Waals surface area contributed by atoms with Gasteiger partial charge in [0, 0.05) is 31.2 Å². The largest absolute Gasteiger partial charge is 0.355 e. The van der Waals surface area contributed by atoms with Gasteiger partial charge in [-0.05, 0) is 18.2 Å². The molecule has 3 rings (SSSR count). The highest BCUT2D eigenvalue weighted by atomic mass is 16.1. The van der Waals surface area contributed by atoms with Gasteiger partial charge in [-0.3, -0.25) is 9.78 Å². The number of nitrogens with zero attached hydrogens (tertiary/aromatic N) is 4. The van der Waals surface area contributed by atoms with Gasteiger partial charge >= 0.3 is 0 Å². The highest BCUT2D eigenvalue weighted by Gasteiger charge is 2.14. The van der Waals surface area contributed by atoms with Gasteiger partial charge in [-0.25, -0.2) is 9.50 Å². The zero-order valence-electron chi connectivity index (χ0n) is 10.2. The molecule has 94 valence electrons. The molecule has 0 saturated heterocycles. The molecule has 0 aliphatic carbocycles. The molecule has 3 heterocycles. The molecular weight excluding hydrogens is 242 g/mol. The van der Waals surface area contributed by atoms with Crippen LogP contribution in [-0.4, -0.2) is 32.5 Å². The maximum Gasteiger partial charge on any atom is 0.256 e. The molecule has 0 atom stereocenters. The standard InChI is InChI=1S/C13H11N5O/c1-14-13(19)10-8-17-18-11(4-7-16-12(10)18)9-2-5-15-6-3-9/h2-8H,1H3,(H,14,19). The summed E-state index contributed by atoms with van der Waals surface area (Å²) in [5.74, 6) is -0.200. The molecule has 0 unspecified atom stereocenters. The number of aromatic nitrogens is 4. The second-order valence-electron chi connectivity index (χ2n) is 3.94. The zero-order chi connectivity index (χ0) is 13.2. The van der Waals surface area contributed by atoms with E-state index in [9.17, 15) is 4.79 Å². The van der Waals surface area contributed by atoms with Crippen molar-refractivity contribution in [3.8, 4) is 11.3 Å². The molecule has 0 aliphatic heterocycles. The first-order valence-electron chi connectivity index (χ1n) is 5.76. The monoisotopic (exact) mass is 253 g/mol. The SMILES string of the molecule is CNC(=O)c1cnn2c(-c3ccncc3)ccnc12. The van der Waals surface area contributed by atoms with E-state index in [1.165, 1.54) is 6.20 Å². The molecule has 6 nitrogen and oxygen atoms in total. The topological polar surface area (TPSA) is 72.2 Å². The van der Waals surface area contributed by atoms with Crippen molar-refractivity contribution >= 4 is 11.6 Å². The van der Waals surface area contributed by atoms with Crippen molar-refractivity contribution in [2.24, 2.45) is 0 Å². The molecule has 1 amide bonds. The first-order chi connectivity index (χ1) is 9.31. The molecule has 0 bridgehead atoms. The van der Waals surface area contributed by atoms with Crippen LogP contribution in [0.2, 0.25) is 0 Å². The number of fused-ring (bicyclic) bond motifs is 1. The number of hydrogen-bond donors (Lipinski definition) is 1. The summed E-state index contributed by atoms with van der Waals surface area (Å²) in [4.78, 5) is 19.9. The number of hydrogen-bond acceptors (Lipinski definition) is 4. The van der Waals surface area contributed by atoms with E-state index in [1.54, 1.807) is 30.2 Å². The Morgan fingerprint density at radius 1 is 1.21 bits per heavy atom. The van der Waals surface area contributed by atoms with E-state index < -0.39 is 0 Å². The van der Waals surface area contributed by atoms with Crippen LogP contribution in [0.15, 0.2) is 43.0 Å². The van der Waals surface area contributed by atoms with Crippen molar-refractivity contribution in [2.75, 3.05) is 7.05 Å². The van der Waals surface area contributed by atoms with Crippen LogP contribution in [0, 0.1) is 0 Å². The van der Waals surface area contributed by atoms with E-state index in [4.69, 9.17) is 0 Å². The van der Waals surface area contributed by atoms with Crippen molar-refractivity contribution in [1.82, 2.24) is 24.9 Å². The fourth-order valence-corrected chi connectivity index (χ4v) is 1.93. The zero-order valence-corrected chi connectivity index (χ0v) is 10.2. The predicted octanol–water partition coefficient (Wildman–Crippen LogP) is 1.15. The van der Waals surface area contributed by atoms with Crippen molar-refractivity contribution in [3.63, 3.8) is 0 Å². The molecule has 0 aromatic carbocycles. The Hall–Kier alpha value is -2.76. The number of amides is 1. The number of carbonyl (C=O) groups is 1. The molecule has 19 heavy (non-hydrogen) atoms.